The lowest BCUT2D eigenvalue weighted by Gasteiger charge is -2.17. The van der Waals surface area contributed by atoms with E-state index < -0.39 is 5.41 Å². The molecule has 0 bridgehead atoms. The Bertz CT molecular complexity index is 1470. The molecule has 3 aliphatic rings. The number of carbonyl (C=O) groups is 1. The SMILES string of the molecule is CC(C)(C#N)c1cccc(C(=O)NC2C3Oc4ccc(Oc5ccnc6c5CCC(N)=N6)cc4C23)c1. The number of fused-ring (bicyclic) bond motifs is 4. The van der Waals surface area contributed by atoms with Gasteiger partial charge in [0.05, 0.1) is 23.4 Å². The summed E-state index contributed by atoms with van der Waals surface area (Å²) in [7, 11) is 0. The molecular formula is C28H25N5O3. The average molecular weight is 480 g/mol. The van der Waals surface area contributed by atoms with Crippen LogP contribution < -0.4 is 20.5 Å². The van der Waals surface area contributed by atoms with Crippen LogP contribution in [0.15, 0.2) is 59.7 Å². The lowest BCUT2D eigenvalue weighted by Crippen LogP contribution is -2.30. The smallest absolute Gasteiger partial charge is 0.251 e. The number of rotatable bonds is 5. The average Bonchev–Trinajstić information content (AvgIpc) is 3.40. The number of nitrogens with zero attached hydrogens (tertiary/aromatic N) is 3. The second kappa shape index (κ2) is 8.09. The van der Waals surface area contributed by atoms with Crippen molar-refractivity contribution in [1.82, 2.24) is 10.3 Å². The van der Waals surface area contributed by atoms with Crippen LogP contribution in [0.2, 0.25) is 0 Å². The summed E-state index contributed by atoms with van der Waals surface area (Å²) in [4.78, 5) is 21.6. The molecule has 1 amide bonds. The van der Waals surface area contributed by atoms with Gasteiger partial charge in [-0.3, -0.25) is 4.79 Å². The molecule has 0 radical (unpaired) electrons. The first-order valence-electron chi connectivity index (χ1n) is 12.0. The summed E-state index contributed by atoms with van der Waals surface area (Å²) in [6.07, 6.45) is 2.98. The summed E-state index contributed by atoms with van der Waals surface area (Å²) in [6.45, 7) is 3.67. The van der Waals surface area contributed by atoms with Gasteiger partial charge in [0, 0.05) is 29.3 Å². The van der Waals surface area contributed by atoms with Crippen LogP contribution in [0.1, 0.15) is 53.2 Å². The highest BCUT2D eigenvalue weighted by molar-refractivity contribution is 5.95. The molecule has 0 saturated heterocycles. The van der Waals surface area contributed by atoms with Crippen LogP contribution >= 0.6 is 0 Å². The summed E-state index contributed by atoms with van der Waals surface area (Å²) in [5.74, 6) is 3.30. The second-order valence-corrected chi connectivity index (χ2v) is 9.94. The fourth-order valence-corrected chi connectivity index (χ4v) is 4.89. The first-order chi connectivity index (χ1) is 17.3. The molecule has 3 aromatic rings. The minimum atomic E-state index is -0.669. The predicted molar refractivity (Wildman–Crippen MR) is 134 cm³/mol. The maximum absolute atomic E-state index is 13.0. The highest BCUT2D eigenvalue weighted by atomic mass is 16.5. The number of aliphatic imine (C=N–C) groups is 1. The van der Waals surface area contributed by atoms with Crippen LogP contribution in [0.5, 0.6) is 17.2 Å². The Hall–Kier alpha value is -4.38. The van der Waals surface area contributed by atoms with Crippen LogP contribution in [0.3, 0.4) is 0 Å². The van der Waals surface area contributed by atoms with Crippen LogP contribution in [-0.4, -0.2) is 28.9 Å². The molecule has 8 nitrogen and oxygen atoms in total. The monoisotopic (exact) mass is 479 g/mol. The largest absolute Gasteiger partial charge is 0.487 e. The molecule has 1 aromatic heterocycles. The summed E-state index contributed by atoms with van der Waals surface area (Å²) >= 11 is 0. The standard InChI is InChI=1S/C28H25N5O3/c1-28(2,14-29)16-5-3-4-15(12-16)27(34)33-24-23-19-13-17(6-8-20(19)36-25(23)24)35-21-10-11-31-26-18(21)7-9-22(30)32-26/h3-6,8,10-13,23-25H,7,9H2,1-2H3,(H,33,34)(H2,30,31,32). The third-order valence-corrected chi connectivity index (χ3v) is 7.08. The van der Waals surface area contributed by atoms with Gasteiger partial charge < -0.3 is 20.5 Å². The summed E-state index contributed by atoms with van der Waals surface area (Å²) in [5.41, 5.74) is 8.50. The molecule has 2 aliphatic heterocycles. The highest BCUT2D eigenvalue weighted by Crippen LogP contribution is 2.54. The quantitative estimate of drug-likeness (QED) is 0.564. The Labute approximate surface area is 208 Å². The number of benzene rings is 2. The van der Waals surface area contributed by atoms with Crippen molar-refractivity contribution in [3.05, 3.63) is 77.0 Å². The van der Waals surface area contributed by atoms with Gasteiger partial charge in [-0.2, -0.15) is 5.26 Å². The van der Waals surface area contributed by atoms with E-state index in [0.717, 1.165) is 28.9 Å². The van der Waals surface area contributed by atoms with E-state index in [1.165, 1.54) is 0 Å². The summed E-state index contributed by atoms with van der Waals surface area (Å²) < 4.78 is 12.3. The lowest BCUT2D eigenvalue weighted by molar-refractivity contribution is 0.0943. The number of aromatic nitrogens is 1. The topological polar surface area (TPSA) is 123 Å². The number of pyridine rings is 1. The van der Waals surface area contributed by atoms with Crippen molar-refractivity contribution in [2.24, 2.45) is 10.7 Å². The molecule has 0 spiro atoms. The van der Waals surface area contributed by atoms with E-state index in [4.69, 9.17) is 15.2 Å². The molecule has 6 rings (SSSR count). The Morgan fingerprint density at radius 2 is 2.08 bits per heavy atom. The van der Waals surface area contributed by atoms with Gasteiger partial charge in [0.15, 0.2) is 5.82 Å². The molecule has 3 unspecified atom stereocenters. The van der Waals surface area contributed by atoms with Crippen LogP contribution in [-0.2, 0) is 11.8 Å². The number of hydrogen-bond acceptors (Lipinski definition) is 7. The number of nitriles is 1. The molecular weight excluding hydrogens is 454 g/mol. The number of nitrogens with two attached hydrogens (primary N) is 1. The summed E-state index contributed by atoms with van der Waals surface area (Å²) in [5, 5.41) is 12.5. The van der Waals surface area contributed by atoms with E-state index >= 15 is 0 Å². The van der Waals surface area contributed by atoms with Gasteiger partial charge in [0.1, 0.15) is 29.2 Å². The minimum Gasteiger partial charge on any atom is -0.487 e. The van der Waals surface area contributed by atoms with Gasteiger partial charge >= 0.3 is 0 Å². The van der Waals surface area contributed by atoms with Crippen molar-refractivity contribution in [1.29, 1.82) is 5.26 Å². The van der Waals surface area contributed by atoms with E-state index in [1.54, 1.807) is 18.3 Å². The van der Waals surface area contributed by atoms with Crippen molar-refractivity contribution in [3.63, 3.8) is 0 Å². The zero-order chi connectivity index (χ0) is 25.0. The molecule has 3 heterocycles. The van der Waals surface area contributed by atoms with E-state index in [0.29, 0.717) is 35.1 Å². The fraction of sp³-hybridized carbons (Fsp3) is 0.286. The molecule has 8 heteroatoms. The van der Waals surface area contributed by atoms with Crippen LogP contribution in [0.25, 0.3) is 0 Å². The van der Waals surface area contributed by atoms with Gasteiger partial charge in [-0.05, 0) is 62.2 Å². The third kappa shape index (κ3) is 3.73. The van der Waals surface area contributed by atoms with Crippen molar-refractivity contribution < 1.29 is 14.3 Å². The molecule has 180 valence electrons. The number of amidine groups is 1. The molecule has 3 atom stereocenters. The van der Waals surface area contributed by atoms with E-state index in [1.807, 2.05) is 50.2 Å². The van der Waals surface area contributed by atoms with E-state index in [9.17, 15) is 10.1 Å². The molecule has 1 fully saturated rings. The second-order valence-electron chi connectivity index (χ2n) is 9.94. The molecule has 1 aliphatic carbocycles. The number of ether oxygens (including phenoxy) is 2. The van der Waals surface area contributed by atoms with Crippen molar-refractivity contribution in [3.8, 4) is 23.3 Å². The molecule has 1 saturated carbocycles. The zero-order valence-corrected chi connectivity index (χ0v) is 20.0. The van der Waals surface area contributed by atoms with Crippen molar-refractivity contribution in [2.75, 3.05) is 0 Å². The maximum Gasteiger partial charge on any atom is 0.251 e. The summed E-state index contributed by atoms with van der Waals surface area (Å²) in [6, 6.07) is 17.0. The van der Waals surface area contributed by atoms with Gasteiger partial charge in [-0.1, -0.05) is 12.1 Å². The Balaban J connectivity index is 1.18. The molecule has 3 N–H and O–H groups in total. The lowest BCUT2D eigenvalue weighted by atomic mass is 9.85. The van der Waals surface area contributed by atoms with Gasteiger partial charge in [-0.15, -0.1) is 0 Å². The number of amides is 1. The van der Waals surface area contributed by atoms with Crippen molar-refractivity contribution in [2.45, 2.75) is 50.2 Å². The first kappa shape index (κ1) is 22.1. The molecule has 2 aromatic carbocycles. The fourth-order valence-electron chi connectivity index (χ4n) is 4.89. The maximum atomic E-state index is 13.0. The predicted octanol–water partition coefficient (Wildman–Crippen LogP) is 4.27. The Morgan fingerprint density at radius 3 is 2.92 bits per heavy atom. The van der Waals surface area contributed by atoms with Gasteiger partial charge in [0.25, 0.3) is 5.91 Å². The number of hydrogen-bond donors (Lipinski definition) is 2. The Kier molecular flexibility index (Phi) is 4.97. The number of carbonyl (C=O) groups excluding carboxylic acids is 1. The van der Waals surface area contributed by atoms with Crippen molar-refractivity contribution >= 4 is 17.6 Å². The van der Waals surface area contributed by atoms with E-state index in [2.05, 4.69) is 21.4 Å². The van der Waals surface area contributed by atoms with Crippen LogP contribution in [0.4, 0.5) is 5.82 Å². The number of nitrogens with one attached hydrogen (secondary N) is 1. The molecule has 36 heavy (non-hydrogen) atoms. The Morgan fingerprint density at radius 1 is 1.22 bits per heavy atom. The van der Waals surface area contributed by atoms with Gasteiger partial charge in [0.2, 0.25) is 0 Å². The highest BCUT2D eigenvalue weighted by Gasteiger charge is 2.59. The van der Waals surface area contributed by atoms with Crippen LogP contribution in [0, 0.1) is 11.3 Å². The van der Waals surface area contributed by atoms with Gasteiger partial charge in [-0.25, -0.2) is 9.98 Å². The minimum absolute atomic E-state index is 0.0713. The normalized spacial score (nSPS) is 21.1. The van der Waals surface area contributed by atoms with E-state index in [-0.39, 0.29) is 24.0 Å². The zero-order valence-electron chi connectivity index (χ0n) is 20.0. The third-order valence-electron chi connectivity index (χ3n) is 7.08. The first-order valence-corrected chi connectivity index (χ1v) is 12.0.